The molecule has 1 heterocycles. The van der Waals surface area contributed by atoms with Crippen LogP contribution >= 0.6 is 23.4 Å². The summed E-state index contributed by atoms with van der Waals surface area (Å²) in [5.41, 5.74) is 1.20. The molecule has 0 radical (unpaired) electrons. The number of hydrogen-bond acceptors (Lipinski definition) is 9. The average molecular weight is 543 g/mol. The van der Waals surface area contributed by atoms with Gasteiger partial charge in [0.1, 0.15) is 12.3 Å². The molecule has 0 aliphatic carbocycles. The fourth-order valence-corrected chi connectivity index (χ4v) is 4.81. The number of carbonyl (C=O) groups is 2. The molecule has 0 bridgehead atoms. The average Bonchev–Trinajstić information content (AvgIpc) is 2.87. The maximum atomic E-state index is 13.0. The van der Waals surface area contributed by atoms with Gasteiger partial charge in [0.25, 0.3) is 5.69 Å². The van der Waals surface area contributed by atoms with Crippen LogP contribution in [0.1, 0.15) is 18.4 Å². The van der Waals surface area contributed by atoms with Gasteiger partial charge in [-0.15, -0.1) is 0 Å². The molecule has 12 heteroatoms. The Morgan fingerprint density at radius 2 is 1.92 bits per heavy atom. The molecule has 3 rings (SSSR count). The molecule has 2 aromatic carbocycles. The maximum absolute atomic E-state index is 13.0. The van der Waals surface area contributed by atoms with E-state index in [4.69, 9.17) is 21.1 Å². The number of nitro benzene ring substituents is 1. The van der Waals surface area contributed by atoms with Gasteiger partial charge in [0, 0.05) is 23.9 Å². The Hall–Kier alpha value is -3.85. The largest absolute Gasteiger partial charge is 0.460 e. The third-order valence-electron chi connectivity index (χ3n) is 5.33. The van der Waals surface area contributed by atoms with E-state index in [-0.39, 0.29) is 41.5 Å². The Kier molecular flexibility index (Phi) is 9.68. The molecule has 192 valence electrons. The number of nitrogens with zero attached hydrogens (tertiary/aromatic N) is 2. The second-order valence-corrected chi connectivity index (χ2v) is 9.11. The number of anilines is 1. The van der Waals surface area contributed by atoms with Gasteiger partial charge < -0.3 is 20.1 Å². The second kappa shape index (κ2) is 12.9. The van der Waals surface area contributed by atoms with Gasteiger partial charge >= 0.3 is 5.97 Å². The maximum Gasteiger partial charge on any atom is 0.336 e. The molecule has 0 fully saturated rings. The summed E-state index contributed by atoms with van der Waals surface area (Å²) in [6, 6.07) is 14.8. The number of allylic oxidation sites excluding steroid dienone is 2. The summed E-state index contributed by atoms with van der Waals surface area (Å²) in [4.78, 5) is 36.3. The Labute approximate surface area is 222 Å². The van der Waals surface area contributed by atoms with E-state index in [1.807, 2.05) is 0 Å². The first-order valence-corrected chi connectivity index (χ1v) is 12.3. The molecule has 10 nitrogen and oxygen atoms in total. The number of amides is 1. The number of hydrogen-bond donors (Lipinski definition) is 2. The first-order valence-electron chi connectivity index (χ1n) is 11.0. The molecular weight excluding hydrogens is 520 g/mol. The Morgan fingerprint density at radius 1 is 1.22 bits per heavy atom. The van der Waals surface area contributed by atoms with Crippen molar-refractivity contribution in [3.8, 4) is 6.07 Å². The highest BCUT2D eigenvalue weighted by molar-refractivity contribution is 8.03. The van der Waals surface area contributed by atoms with Crippen LogP contribution in [0.25, 0.3) is 0 Å². The van der Waals surface area contributed by atoms with Gasteiger partial charge in [-0.3, -0.25) is 14.9 Å². The van der Waals surface area contributed by atoms with Gasteiger partial charge in [0.05, 0.1) is 45.4 Å². The number of nitrogens with one attached hydrogen (secondary N) is 2. The SMILES string of the molecule is COCCOC(=O)C1=C(C)NC(SCC(=O)Nc2ccccc2[N+](=O)[O-])=C(C#N)[C@H]1c1ccccc1Cl. The van der Waals surface area contributed by atoms with E-state index in [9.17, 15) is 25.0 Å². The molecule has 2 aromatic rings. The summed E-state index contributed by atoms with van der Waals surface area (Å²) in [6.07, 6.45) is 0. The molecule has 0 unspecified atom stereocenters. The molecule has 1 atom stereocenters. The number of carbonyl (C=O) groups excluding carboxylic acids is 2. The highest BCUT2D eigenvalue weighted by Crippen LogP contribution is 2.43. The molecule has 0 aromatic heterocycles. The summed E-state index contributed by atoms with van der Waals surface area (Å²) < 4.78 is 10.3. The minimum Gasteiger partial charge on any atom is -0.460 e. The molecule has 37 heavy (non-hydrogen) atoms. The van der Waals surface area contributed by atoms with Crippen LogP contribution in [0, 0.1) is 21.4 Å². The first kappa shape index (κ1) is 27.7. The van der Waals surface area contributed by atoms with Crippen molar-refractivity contribution in [3.05, 3.63) is 91.1 Å². The van der Waals surface area contributed by atoms with Crippen molar-refractivity contribution in [3.63, 3.8) is 0 Å². The lowest BCUT2D eigenvalue weighted by molar-refractivity contribution is -0.383. The predicted molar refractivity (Wildman–Crippen MR) is 140 cm³/mol. The summed E-state index contributed by atoms with van der Waals surface area (Å²) >= 11 is 7.49. The van der Waals surface area contributed by atoms with Crippen molar-refractivity contribution in [2.75, 3.05) is 31.4 Å². The monoisotopic (exact) mass is 542 g/mol. The summed E-state index contributed by atoms with van der Waals surface area (Å²) in [5, 5.41) is 27.6. The lowest BCUT2D eigenvalue weighted by Crippen LogP contribution is -2.30. The lowest BCUT2D eigenvalue weighted by atomic mass is 9.82. The fraction of sp³-hybridized carbons (Fsp3) is 0.240. The summed E-state index contributed by atoms with van der Waals surface area (Å²) in [5.74, 6) is -2.13. The highest BCUT2D eigenvalue weighted by atomic mass is 35.5. The van der Waals surface area contributed by atoms with Crippen LogP contribution in [-0.2, 0) is 19.1 Å². The van der Waals surface area contributed by atoms with Crippen LogP contribution in [0.3, 0.4) is 0 Å². The summed E-state index contributed by atoms with van der Waals surface area (Å²) in [7, 11) is 1.49. The number of methoxy groups -OCH3 is 1. The minimum atomic E-state index is -0.837. The zero-order chi connectivity index (χ0) is 26.9. The number of halogens is 1. The van der Waals surface area contributed by atoms with Crippen LogP contribution in [0.4, 0.5) is 11.4 Å². The number of nitriles is 1. The number of benzene rings is 2. The van der Waals surface area contributed by atoms with Gasteiger partial charge in [-0.05, 0) is 24.6 Å². The molecule has 2 N–H and O–H groups in total. The molecule has 1 aliphatic rings. The number of ether oxygens (including phenoxy) is 2. The quantitative estimate of drug-likeness (QED) is 0.192. The Bertz CT molecular complexity index is 1320. The number of esters is 1. The molecule has 0 saturated carbocycles. The number of para-hydroxylation sites is 2. The van der Waals surface area contributed by atoms with Gasteiger partial charge in [0.2, 0.25) is 5.91 Å². The Balaban J connectivity index is 1.90. The normalized spacial score (nSPS) is 15.0. The van der Waals surface area contributed by atoms with E-state index in [0.29, 0.717) is 21.3 Å². The van der Waals surface area contributed by atoms with Crippen molar-refractivity contribution in [2.24, 2.45) is 0 Å². The van der Waals surface area contributed by atoms with Crippen LogP contribution in [0.2, 0.25) is 5.02 Å². The molecule has 1 aliphatic heterocycles. The highest BCUT2D eigenvalue weighted by Gasteiger charge is 2.36. The van der Waals surface area contributed by atoms with Crippen molar-refractivity contribution in [1.82, 2.24) is 5.32 Å². The zero-order valence-electron chi connectivity index (χ0n) is 19.9. The predicted octanol–water partition coefficient (Wildman–Crippen LogP) is 4.51. The number of rotatable bonds is 10. The van der Waals surface area contributed by atoms with E-state index in [1.165, 1.54) is 25.3 Å². The molecule has 0 saturated heterocycles. The number of dihydropyridines is 1. The van der Waals surface area contributed by atoms with Crippen LogP contribution in [0.5, 0.6) is 0 Å². The fourth-order valence-electron chi connectivity index (χ4n) is 3.68. The van der Waals surface area contributed by atoms with E-state index in [0.717, 1.165) is 11.8 Å². The standard InChI is InChI=1S/C25H23ClN4O6S/c1-15-22(25(32)36-12-11-35-2)23(16-7-3-4-8-18(16)26)17(13-27)24(28-15)37-14-21(31)29-19-9-5-6-10-20(19)30(33)34/h3-10,23,28H,11-12,14H2,1-2H3,(H,29,31)/t23-/m1/s1. The smallest absolute Gasteiger partial charge is 0.336 e. The van der Waals surface area contributed by atoms with Gasteiger partial charge in [-0.2, -0.15) is 5.26 Å². The third-order valence-corrected chi connectivity index (χ3v) is 6.69. The topological polar surface area (TPSA) is 144 Å². The van der Waals surface area contributed by atoms with Crippen molar-refractivity contribution in [2.45, 2.75) is 12.8 Å². The van der Waals surface area contributed by atoms with Crippen LogP contribution < -0.4 is 10.6 Å². The van der Waals surface area contributed by atoms with Crippen molar-refractivity contribution in [1.29, 1.82) is 5.26 Å². The van der Waals surface area contributed by atoms with Crippen LogP contribution in [0.15, 0.2) is 70.4 Å². The van der Waals surface area contributed by atoms with Crippen molar-refractivity contribution < 1.29 is 24.0 Å². The van der Waals surface area contributed by atoms with Crippen molar-refractivity contribution >= 4 is 46.6 Å². The van der Waals surface area contributed by atoms with E-state index >= 15 is 0 Å². The number of nitro groups is 1. The zero-order valence-corrected chi connectivity index (χ0v) is 21.5. The van der Waals surface area contributed by atoms with E-state index in [1.54, 1.807) is 37.3 Å². The van der Waals surface area contributed by atoms with Crippen LogP contribution in [-0.4, -0.2) is 42.9 Å². The first-order chi connectivity index (χ1) is 17.8. The summed E-state index contributed by atoms with van der Waals surface area (Å²) in [6.45, 7) is 1.90. The Morgan fingerprint density at radius 3 is 2.59 bits per heavy atom. The van der Waals surface area contributed by atoms with Gasteiger partial charge in [-0.25, -0.2) is 4.79 Å². The van der Waals surface area contributed by atoms with E-state index in [2.05, 4.69) is 16.7 Å². The van der Waals surface area contributed by atoms with Gasteiger partial charge in [0.15, 0.2) is 0 Å². The lowest BCUT2D eigenvalue weighted by Gasteiger charge is -2.29. The molecule has 1 amide bonds. The molecule has 0 spiro atoms. The third kappa shape index (κ3) is 6.68. The molecular formula is C25H23ClN4O6S. The second-order valence-electron chi connectivity index (χ2n) is 7.71. The van der Waals surface area contributed by atoms with Gasteiger partial charge in [-0.1, -0.05) is 53.7 Å². The number of thioether (sulfide) groups is 1. The minimum absolute atomic E-state index is 0.0281. The van der Waals surface area contributed by atoms with E-state index < -0.39 is 22.7 Å².